The molecule has 1 rings (SSSR count). The molecule has 0 aliphatic heterocycles. The lowest BCUT2D eigenvalue weighted by molar-refractivity contribution is 0.0804. The van der Waals surface area contributed by atoms with Crippen molar-refractivity contribution in [2.24, 2.45) is 5.92 Å². The van der Waals surface area contributed by atoms with Gasteiger partial charge >= 0.3 is 0 Å². The first-order valence-corrected chi connectivity index (χ1v) is 5.61. The zero-order valence-corrected chi connectivity index (χ0v) is 9.01. The van der Waals surface area contributed by atoms with E-state index in [1.165, 1.54) is 32.2 Å². The van der Waals surface area contributed by atoms with Crippen LogP contribution in [-0.4, -0.2) is 25.8 Å². The van der Waals surface area contributed by atoms with Gasteiger partial charge in [0, 0.05) is 6.54 Å². The van der Waals surface area contributed by atoms with E-state index in [1.54, 1.807) is 0 Å². The molecule has 1 N–H and O–H groups in total. The monoisotopic (exact) mass is 185 g/mol. The maximum atomic E-state index is 5.44. The highest BCUT2D eigenvalue weighted by Crippen LogP contribution is 2.23. The average Bonchev–Trinajstić information content (AvgIpc) is 2.55. The van der Waals surface area contributed by atoms with Crippen LogP contribution in [0.4, 0.5) is 0 Å². The van der Waals surface area contributed by atoms with Crippen LogP contribution in [0.5, 0.6) is 0 Å². The van der Waals surface area contributed by atoms with Crippen molar-refractivity contribution in [3.63, 3.8) is 0 Å². The minimum atomic E-state index is 0.369. The van der Waals surface area contributed by atoms with Gasteiger partial charge in [0.2, 0.25) is 0 Å². The number of rotatable bonds is 6. The Bertz CT molecular complexity index is 119. The SMILES string of the molecule is CC(C)OCCNCC1CCCC1. The lowest BCUT2D eigenvalue weighted by atomic mass is 10.1. The molecule has 0 unspecified atom stereocenters. The summed E-state index contributed by atoms with van der Waals surface area (Å²) >= 11 is 0. The Hall–Kier alpha value is -0.0800. The summed E-state index contributed by atoms with van der Waals surface area (Å²) in [7, 11) is 0. The number of nitrogens with one attached hydrogen (secondary N) is 1. The van der Waals surface area contributed by atoms with Crippen molar-refractivity contribution >= 4 is 0 Å². The molecule has 0 spiro atoms. The van der Waals surface area contributed by atoms with Crippen LogP contribution in [0.3, 0.4) is 0 Å². The van der Waals surface area contributed by atoms with Gasteiger partial charge in [-0.1, -0.05) is 12.8 Å². The summed E-state index contributed by atoms with van der Waals surface area (Å²) in [6.45, 7) is 7.22. The van der Waals surface area contributed by atoms with Gasteiger partial charge in [-0.3, -0.25) is 0 Å². The fourth-order valence-electron chi connectivity index (χ4n) is 1.89. The molecule has 0 bridgehead atoms. The third kappa shape index (κ3) is 5.27. The molecule has 2 nitrogen and oxygen atoms in total. The third-order valence-electron chi connectivity index (χ3n) is 2.64. The molecule has 2 heteroatoms. The smallest absolute Gasteiger partial charge is 0.0594 e. The maximum Gasteiger partial charge on any atom is 0.0594 e. The fourth-order valence-corrected chi connectivity index (χ4v) is 1.89. The van der Waals surface area contributed by atoms with Gasteiger partial charge in [0.25, 0.3) is 0 Å². The molecule has 0 heterocycles. The first-order valence-electron chi connectivity index (χ1n) is 5.61. The molecule has 78 valence electrons. The molecule has 0 aromatic heterocycles. The Morgan fingerprint density at radius 1 is 1.31 bits per heavy atom. The van der Waals surface area contributed by atoms with E-state index in [1.807, 2.05) is 0 Å². The summed E-state index contributed by atoms with van der Waals surface area (Å²) in [4.78, 5) is 0. The second-order valence-electron chi connectivity index (χ2n) is 4.27. The first kappa shape index (κ1) is 11.0. The van der Waals surface area contributed by atoms with E-state index in [2.05, 4.69) is 19.2 Å². The zero-order valence-electron chi connectivity index (χ0n) is 9.01. The molecule has 13 heavy (non-hydrogen) atoms. The number of hydrogen-bond acceptors (Lipinski definition) is 2. The summed E-state index contributed by atoms with van der Waals surface area (Å²) < 4.78 is 5.44. The van der Waals surface area contributed by atoms with Crippen LogP contribution in [0.15, 0.2) is 0 Å². The summed E-state index contributed by atoms with van der Waals surface area (Å²) in [6, 6.07) is 0. The number of ether oxygens (including phenoxy) is 1. The van der Waals surface area contributed by atoms with Crippen LogP contribution in [-0.2, 0) is 4.74 Å². The highest BCUT2D eigenvalue weighted by molar-refractivity contribution is 4.69. The highest BCUT2D eigenvalue weighted by atomic mass is 16.5. The van der Waals surface area contributed by atoms with Crippen LogP contribution in [0, 0.1) is 5.92 Å². The predicted octanol–water partition coefficient (Wildman–Crippen LogP) is 2.19. The highest BCUT2D eigenvalue weighted by Gasteiger charge is 2.13. The van der Waals surface area contributed by atoms with Crippen molar-refractivity contribution in [2.45, 2.75) is 45.6 Å². The topological polar surface area (TPSA) is 21.3 Å². The van der Waals surface area contributed by atoms with E-state index >= 15 is 0 Å². The van der Waals surface area contributed by atoms with E-state index in [9.17, 15) is 0 Å². The minimum absolute atomic E-state index is 0.369. The van der Waals surface area contributed by atoms with Gasteiger partial charge in [-0.2, -0.15) is 0 Å². The van der Waals surface area contributed by atoms with E-state index in [0.717, 1.165) is 19.1 Å². The minimum Gasteiger partial charge on any atom is -0.377 e. The van der Waals surface area contributed by atoms with Crippen molar-refractivity contribution in [3.05, 3.63) is 0 Å². The second kappa shape index (κ2) is 6.39. The van der Waals surface area contributed by atoms with Gasteiger partial charge in [0.05, 0.1) is 12.7 Å². The Morgan fingerprint density at radius 3 is 2.62 bits per heavy atom. The summed E-state index contributed by atoms with van der Waals surface area (Å²) in [5.74, 6) is 0.944. The van der Waals surface area contributed by atoms with Crippen molar-refractivity contribution < 1.29 is 4.74 Å². The zero-order chi connectivity index (χ0) is 9.52. The van der Waals surface area contributed by atoms with Crippen LogP contribution >= 0.6 is 0 Å². The lowest BCUT2D eigenvalue weighted by Gasteiger charge is -2.11. The van der Waals surface area contributed by atoms with Gasteiger partial charge in [-0.25, -0.2) is 0 Å². The second-order valence-corrected chi connectivity index (χ2v) is 4.27. The van der Waals surface area contributed by atoms with Crippen molar-refractivity contribution in [2.75, 3.05) is 19.7 Å². The molecule has 0 radical (unpaired) electrons. The molecule has 0 aromatic carbocycles. The summed E-state index contributed by atoms with van der Waals surface area (Å²) in [5, 5.41) is 3.46. The quantitative estimate of drug-likeness (QED) is 0.640. The molecule has 1 saturated carbocycles. The maximum absolute atomic E-state index is 5.44. The Balaban J connectivity index is 1.83. The van der Waals surface area contributed by atoms with Gasteiger partial charge in [-0.05, 0) is 39.2 Å². The van der Waals surface area contributed by atoms with Gasteiger partial charge in [-0.15, -0.1) is 0 Å². The Morgan fingerprint density at radius 2 is 2.00 bits per heavy atom. The van der Waals surface area contributed by atoms with E-state index in [4.69, 9.17) is 4.74 Å². The van der Waals surface area contributed by atoms with E-state index in [0.29, 0.717) is 6.10 Å². The molecule has 1 aliphatic rings. The van der Waals surface area contributed by atoms with Gasteiger partial charge < -0.3 is 10.1 Å². The van der Waals surface area contributed by atoms with Crippen LogP contribution in [0.25, 0.3) is 0 Å². The molecular weight excluding hydrogens is 162 g/mol. The summed E-state index contributed by atoms with van der Waals surface area (Å²) in [6.07, 6.45) is 6.10. The van der Waals surface area contributed by atoms with Crippen molar-refractivity contribution in [1.82, 2.24) is 5.32 Å². The van der Waals surface area contributed by atoms with Crippen LogP contribution in [0.1, 0.15) is 39.5 Å². The first-order chi connectivity index (χ1) is 6.29. The van der Waals surface area contributed by atoms with Gasteiger partial charge in [0.1, 0.15) is 0 Å². The summed E-state index contributed by atoms with van der Waals surface area (Å²) in [5.41, 5.74) is 0. The largest absolute Gasteiger partial charge is 0.377 e. The fraction of sp³-hybridized carbons (Fsp3) is 1.00. The normalized spacial score (nSPS) is 18.7. The molecule has 1 fully saturated rings. The van der Waals surface area contributed by atoms with Crippen LogP contribution in [0.2, 0.25) is 0 Å². The van der Waals surface area contributed by atoms with Gasteiger partial charge in [0.15, 0.2) is 0 Å². The molecule has 0 atom stereocenters. The van der Waals surface area contributed by atoms with E-state index in [-0.39, 0.29) is 0 Å². The molecule has 0 amide bonds. The number of hydrogen-bond donors (Lipinski definition) is 1. The lowest BCUT2D eigenvalue weighted by Crippen LogP contribution is -2.26. The van der Waals surface area contributed by atoms with Crippen LogP contribution < -0.4 is 5.32 Å². The molecule has 0 saturated heterocycles. The van der Waals surface area contributed by atoms with Crippen molar-refractivity contribution in [1.29, 1.82) is 0 Å². The predicted molar refractivity (Wildman–Crippen MR) is 55.9 cm³/mol. The standard InChI is InChI=1S/C11H23NO/c1-10(2)13-8-7-12-9-11-5-3-4-6-11/h10-12H,3-9H2,1-2H3. The Kier molecular flexibility index (Phi) is 5.40. The Labute approximate surface area is 82.0 Å². The molecule has 1 aliphatic carbocycles. The van der Waals surface area contributed by atoms with Crippen molar-refractivity contribution in [3.8, 4) is 0 Å². The molecular formula is C11H23NO. The molecule has 0 aromatic rings. The van der Waals surface area contributed by atoms with E-state index < -0.39 is 0 Å². The average molecular weight is 185 g/mol. The third-order valence-corrected chi connectivity index (χ3v) is 2.64.